The van der Waals surface area contributed by atoms with Gasteiger partial charge in [0, 0.05) is 10.2 Å². The fraction of sp³-hybridized carbons (Fsp3) is 0.385. The molecule has 1 unspecified atom stereocenters. The van der Waals surface area contributed by atoms with E-state index in [-0.39, 0.29) is 17.9 Å². The van der Waals surface area contributed by atoms with Crippen molar-refractivity contribution in [1.82, 2.24) is 4.90 Å². The Kier molecular flexibility index (Phi) is 3.11. The van der Waals surface area contributed by atoms with E-state index in [0.717, 1.165) is 23.0 Å². The SMILES string of the molecule is O=C1c2cccc(I)c2C(=O)N1CC1CCCO1. The summed E-state index contributed by atoms with van der Waals surface area (Å²) in [5.74, 6) is -0.375. The molecule has 5 heteroatoms. The molecule has 1 aromatic rings. The number of amides is 2. The Balaban J connectivity index is 1.89. The molecule has 0 spiro atoms. The predicted octanol–water partition coefficient (Wildman–Crippen LogP) is 2.07. The van der Waals surface area contributed by atoms with Crippen molar-refractivity contribution in [3.8, 4) is 0 Å². The summed E-state index contributed by atoms with van der Waals surface area (Å²) < 4.78 is 6.32. The number of fused-ring (bicyclic) bond motifs is 1. The van der Waals surface area contributed by atoms with Crippen LogP contribution in [0.3, 0.4) is 0 Å². The third kappa shape index (κ3) is 1.85. The van der Waals surface area contributed by atoms with Crippen molar-refractivity contribution in [2.24, 2.45) is 0 Å². The molecule has 0 bridgehead atoms. The molecule has 1 saturated heterocycles. The average molecular weight is 357 g/mol. The van der Waals surface area contributed by atoms with Crippen molar-refractivity contribution in [3.05, 3.63) is 32.9 Å². The first-order valence-corrected chi connectivity index (χ1v) is 7.02. The Morgan fingerprint density at radius 2 is 2.17 bits per heavy atom. The zero-order valence-electron chi connectivity index (χ0n) is 9.69. The Morgan fingerprint density at radius 3 is 2.83 bits per heavy atom. The standard InChI is InChI=1S/C13H12INO3/c14-10-5-1-4-9-11(10)13(17)15(12(9)16)7-8-3-2-6-18-8/h1,4-5,8H,2-3,6-7H2. The lowest BCUT2D eigenvalue weighted by molar-refractivity contribution is 0.0475. The lowest BCUT2D eigenvalue weighted by atomic mass is 10.1. The van der Waals surface area contributed by atoms with E-state index in [0.29, 0.717) is 17.7 Å². The van der Waals surface area contributed by atoms with E-state index in [1.54, 1.807) is 12.1 Å². The fourth-order valence-electron chi connectivity index (χ4n) is 2.45. The summed E-state index contributed by atoms with van der Waals surface area (Å²) in [6.07, 6.45) is 1.93. The molecule has 2 aliphatic heterocycles. The first kappa shape index (κ1) is 12.1. The molecule has 0 aromatic heterocycles. The number of hydrogen-bond donors (Lipinski definition) is 0. The zero-order valence-corrected chi connectivity index (χ0v) is 11.8. The second kappa shape index (κ2) is 4.62. The monoisotopic (exact) mass is 357 g/mol. The molecule has 0 radical (unpaired) electrons. The van der Waals surface area contributed by atoms with Crippen LogP contribution in [0.2, 0.25) is 0 Å². The molecular weight excluding hydrogens is 345 g/mol. The molecule has 2 amide bonds. The van der Waals surface area contributed by atoms with Gasteiger partial charge in [0.15, 0.2) is 0 Å². The first-order chi connectivity index (χ1) is 8.68. The summed E-state index contributed by atoms with van der Waals surface area (Å²) in [6.45, 7) is 1.10. The first-order valence-electron chi connectivity index (χ1n) is 5.95. The number of nitrogens with zero attached hydrogens (tertiary/aromatic N) is 1. The minimum absolute atomic E-state index is 0.00451. The number of hydrogen-bond acceptors (Lipinski definition) is 3. The van der Waals surface area contributed by atoms with Crippen LogP contribution in [0.5, 0.6) is 0 Å². The maximum absolute atomic E-state index is 12.3. The van der Waals surface area contributed by atoms with Gasteiger partial charge in [0.2, 0.25) is 0 Å². The molecule has 1 aromatic carbocycles. The van der Waals surface area contributed by atoms with Gasteiger partial charge in [-0.1, -0.05) is 6.07 Å². The normalized spacial score (nSPS) is 22.7. The number of rotatable bonds is 2. The molecule has 1 fully saturated rings. The van der Waals surface area contributed by atoms with Crippen molar-refractivity contribution >= 4 is 34.4 Å². The molecule has 2 aliphatic rings. The second-order valence-corrected chi connectivity index (χ2v) is 5.68. The number of halogens is 1. The van der Waals surface area contributed by atoms with Crippen molar-refractivity contribution in [1.29, 1.82) is 0 Å². The number of ether oxygens (including phenoxy) is 1. The van der Waals surface area contributed by atoms with Crippen molar-refractivity contribution in [3.63, 3.8) is 0 Å². The van der Waals surface area contributed by atoms with Gasteiger partial charge < -0.3 is 4.74 Å². The maximum atomic E-state index is 12.3. The van der Waals surface area contributed by atoms with Gasteiger partial charge in [0.1, 0.15) is 0 Å². The van der Waals surface area contributed by atoms with Crippen LogP contribution in [0.1, 0.15) is 33.6 Å². The molecule has 2 heterocycles. The summed E-state index contributed by atoms with van der Waals surface area (Å²) in [7, 11) is 0. The van der Waals surface area contributed by atoms with Crippen LogP contribution in [0, 0.1) is 3.57 Å². The summed E-state index contributed by atoms with van der Waals surface area (Å²) in [6, 6.07) is 5.37. The third-order valence-electron chi connectivity index (χ3n) is 3.36. The zero-order chi connectivity index (χ0) is 12.7. The summed E-state index contributed by atoms with van der Waals surface area (Å²) in [5.41, 5.74) is 1.06. The van der Waals surface area contributed by atoms with E-state index in [4.69, 9.17) is 4.74 Å². The lowest BCUT2D eigenvalue weighted by Crippen LogP contribution is -2.36. The van der Waals surface area contributed by atoms with Gasteiger partial charge in [-0.2, -0.15) is 0 Å². The summed E-state index contributed by atoms with van der Waals surface area (Å²) >= 11 is 2.09. The number of imide groups is 1. The van der Waals surface area contributed by atoms with E-state index in [9.17, 15) is 9.59 Å². The van der Waals surface area contributed by atoms with Crippen molar-refractivity contribution < 1.29 is 14.3 Å². The van der Waals surface area contributed by atoms with Crippen LogP contribution in [0.25, 0.3) is 0 Å². The van der Waals surface area contributed by atoms with Gasteiger partial charge in [-0.05, 0) is 47.6 Å². The third-order valence-corrected chi connectivity index (χ3v) is 4.26. The topological polar surface area (TPSA) is 46.6 Å². The minimum atomic E-state index is -0.191. The maximum Gasteiger partial charge on any atom is 0.262 e. The average Bonchev–Trinajstić information content (AvgIpc) is 2.94. The Morgan fingerprint density at radius 1 is 1.33 bits per heavy atom. The highest BCUT2D eigenvalue weighted by Crippen LogP contribution is 2.28. The van der Waals surface area contributed by atoms with Gasteiger partial charge >= 0.3 is 0 Å². The van der Waals surface area contributed by atoms with Gasteiger partial charge in [-0.25, -0.2) is 0 Å². The van der Waals surface area contributed by atoms with Crippen LogP contribution in [-0.4, -0.2) is 36.0 Å². The number of benzene rings is 1. The van der Waals surface area contributed by atoms with Gasteiger partial charge in [-0.3, -0.25) is 14.5 Å². The van der Waals surface area contributed by atoms with Crippen LogP contribution in [-0.2, 0) is 4.74 Å². The number of carbonyl (C=O) groups is 2. The van der Waals surface area contributed by atoms with E-state index in [2.05, 4.69) is 22.6 Å². The van der Waals surface area contributed by atoms with Gasteiger partial charge in [-0.15, -0.1) is 0 Å². The van der Waals surface area contributed by atoms with Crippen LogP contribution < -0.4 is 0 Å². The van der Waals surface area contributed by atoms with E-state index < -0.39 is 0 Å². The fourth-order valence-corrected chi connectivity index (χ4v) is 3.18. The Bertz CT molecular complexity index is 523. The predicted molar refractivity (Wildman–Crippen MR) is 73.5 cm³/mol. The molecule has 0 aliphatic carbocycles. The highest BCUT2D eigenvalue weighted by Gasteiger charge is 2.38. The molecule has 0 N–H and O–H groups in total. The molecule has 0 saturated carbocycles. The molecule has 4 nitrogen and oxygen atoms in total. The highest BCUT2D eigenvalue weighted by molar-refractivity contribution is 14.1. The second-order valence-electron chi connectivity index (χ2n) is 4.52. The van der Waals surface area contributed by atoms with Crippen LogP contribution in [0.15, 0.2) is 18.2 Å². The highest BCUT2D eigenvalue weighted by atomic mass is 127. The minimum Gasteiger partial charge on any atom is -0.376 e. The van der Waals surface area contributed by atoms with Crippen molar-refractivity contribution in [2.75, 3.05) is 13.2 Å². The van der Waals surface area contributed by atoms with E-state index in [1.807, 2.05) is 6.07 Å². The largest absolute Gasteiger partial charge is 0.376 e. The molecular formula is C13H12INO3. The van der Waals surface area contributed by atoms with Crippen LogP contribution >= 0.6 is 22.6 Å². The molecule has 18 heavy (non-hydrogen) atoms. The Labute approximate surface area is 118 Å². The summed E-state index contributed by atoms with van der Waals surface area (Å²) in [5, 5.41) is 0. The number of carbonyl (C=O) groups excluding carboxylic acids is 2. The van der Waals surface area contributed by atoms with E-state index >= 15 is 0 Å². The van der Waals surface area contributed by atoms with Crippen LogP contribution in [0.4, 0.5) is 0 Å². The van der Waals surface area contributed by atoms with Crippen molar-refractivity contribution in [2.45, 2.75) is 18.9 Å². The summed E-state index contributed by atoms with van der Waals surface area (Å²) in [4.78, 5) is 25.8. The Hall–Kier alpha value is -0.950. The quantitative estimate of drug-likeness (QED) is 0.602. The molecule has 94 valence electrons. The van der Waals surface area contributed by atoms with E-state index in [1.165, 1.54) is 4.90 Å². The molecule has 3 rings (SSSR count). The van der Waals surface area contributed by atoms with Gasteiger partial charge in [0.05, 0.1) is 23.8 Å². The lowest BCUT2D eigenvalue weighted by Gasteiger charge is -2.18. The smallest absolute Gasteiger partial charge is 0.262 e. The molecule has 1 atom stereocenters. The van der Waals surface area contributed by atoms with Gasteiger partial charge in [0.25, 0.3) is 11.8 Å².